The highest BCUT2D eigenvalue weighted by molar-refractivity contribution is 5.94. The first-order valence-electron chi connectivity index (χ1n) is 3.87. The van der Waals surface area contributed by atoms with Gasteiger partial charge in [-0.05, 0) is 24.1 Å². The van der Waals surface area contributed by atoms with Crippen molar-refractivity contribution in [3.8, 4) is 5.75 Å². The Bertz CT molecular complexity index is 323. The number of rotatable bonds is 3. The smallest absolute Gasteiger partial charge is 0.249 e. The number of phenolic OH excluding ortho intramolecular Hbond substituents is 1. The lowest BCUT2D eigenvalue weighted by Gasteiger charge is -2.04. The lowest BCUT2D eigenvalue weighted by Crippen LogP contribution is -2.14. The van der Waals surface area contributed by atoms with Crippen molar-refractivity contribution >= 4 is 5.91 Å². The second kappa shape index (κ2) is 3.91. The second-order valence-corrected chi connectivity index (χ2v) is 2.68. The first-order chi connectivity index (χ1) is 6.15. The van der Waals surface area contributed by atoms with Gasteiger partial charge in [0.2, 0.25) is 5.91 Å². The molecule has 0 bridgehead atoms. The Morgan fingerprint density at radius 2 is 2.15 bits per heavy atom. The van der Waals surface area contributed by atoms with Crippen molar-refractivity contribution in [3.05, 3.63) is 29.3 Å². The van der Waals surface area contributed by atoms with Crippen LogP contribution in [0.25, 0.3) is 0 Å². The summed E-state index contributed by atoms with van der Waals surface area (Å²) in [5.74, 6) is -0.602. The molecule has 4 heteroatoms. The van der Waals surface area contributed by atoms with Crippen LogP contribution in [0.5, 0.6) is 5.75 Å². The van der Waals surface area contributed by atoms with Crippen molar-refractivity contribution in [1.82, 2.24) is 0 Å². The van der Waals surface area contributed by atoms with E-state index in [4.69, 9.17) is 15.9 Å². The number of carbonyl (C=O) groups excluding carboxylic acids is 1. The predicted molar refractivity (Wildman–Crippen MR) is 47.4 cm³/mol. The Hall–Kier alpha value is -1.55. The monoisotopic (exact) mass is 181 g/mol. The molecule has 0 fully saturated rings. The summed E-state index contributed by atoms with van der Waals surface area (Å²) in [6.07, 6.45) is 0.360. The summed E-state index contributed by atoms with van der Waals surface area (Å²) in [6, 6.07) is 4.33. The first-order valence-corrected chi connectivity index (χ1v) is 3.87. The van der Waals surface area contributed by atoms with Crippen LogP contribution in [0, 0.1) is 0 Å². The molecular formula is C9H11NO3. The Kier molecular flexibility index (Phi) is 2.87. The fraction of sp³-hybridized carbons (Fsp3) is 0.222. The van der Waals surface area contributed by atoms with Gasteiger partial charge in [-0.3, -0.25) is 4.79 Å². The van der Waals surface area contributed by atoms with Crippen LogP contribution in [0.3, 0.4) is 0 Å². The number of aliphatic hydroxyl groups is 1. The average molecular weight is 181 g/mol. The van der Waals surface area contributed by atoms with E-state index in [2.05, 4.69) is 0 Å². The lowest BCUT2D eigenvalue weighted by molar-refractivity contribution is 0.0999. The van der Waals surface area contributed by atoms with E-state index in [-0.39, 0.29) is 17.9 Å². The molecule has 0 radical (unpaired) electrons. The number of primary amides is 1. The highest BCUT2D eigenvalue weighted by Gasteiger charge is 2.07. The van der Waals surface area contributed by atoms with Crippen molar-refractivity contribution < 1.29 is 15.0 Å². The molecular weight excluding hydrogens is 170 g/mol. The SMILES string of the molecule is NC(=O)c1cc(O)ccc1CCO. The number of nitrogens with two attached hydrogens (primary N) is 1. The van der Waals surface area contributed by atoms with E-state index < -0.39 is 5.91 Å². The van der Waals surface area contributed by atoms with E-state index in [0.717, 1.165) is 0 Å². The maximum Gasteiger partial charge on any atom is 0.249 e. The number of hydrogen-bond donors (Lipinski definition) is 3. The van der Waals surface area contributed by atoms with Crippen LogP contribution in [0.2, 0.25) is 0 Å². The maximum absolute atomic E-state index is 10.9. The van der Waals surface area contributed by atoms with Crippen molar-refractivity contribution in [1.29, 1.82) is 0 Å². The summed E-state index contributed by atoms with van der Waals surface area (Å²) in [5.41, 5.74) is 5.99. The summed E-state index contributed by atoms with van der Waals surface area (Å²) in [4.78, 5) is 10.9. The summed E-state index contributed by atoms with van der Waals surface area (Å²) < 4.78 is 0. The maximum atomic E-state index is 10.9. The predicted octanol–water partition coefficient (Wildman–Crippen LogP) is 0.0259. The van der Waals surface area contributed by atoms with Gasteiger partial charge in [-0.2, -0.15) is 0 Å². The summed E-state index contributed by atoms with van der Waals surface area (Å²) in [6.45, 7) is -0.0505. The largest absolute Gasteiger partial charge is 0.508 e. The van der Waals surface area contributed by atoms with Gasteiger partial charge in [-0.1, -0.05) is 6.07 Å². The average Bonchev–Trinajstić information content (AvgIpc) is 2.08. The molecule has 0 atom stereocenters. The van der Waals surface area contributed by atoms with Crippen LogP contribution in [0.4, 0.5) is 0 Å². The summed E-state index contributed by atoms with van der Waals surface area (Å²) >= 11 is 0. The van der Waals surface area contributed by atoms with Crippen LogP contribution < -0.4 is 5.73 Å². The molecule has 0 aromatic heterocycles. The second-order valence-electron chi connectivity index (χ2n) is 2.68. The van der Waals surface area contributed by atoms with E-state index in [1.165, 1.54) is 12.1 Å². The van der Waals surface area contributed by atoms with E-state index in [1.807, 2.05) is 0 Å². The van der Waals surface area contributed by atoms with Gasteiger partial charge >= 0.3 is 0 Å². The van der Waals surface area contributed by atoms with Gasteiger partial charge in [0.1, 0.15) is 5.75 Å². The zero-order chi connectivity index (χ0) is 9.84. The molecule has 0 aliphatic carbocycles. The number of phenols is 1. The molecule has 1 aromatic carbocycles. The van der Waals surface area contributed by atoms with E-state index in [1.54, 1.807) is 6.07 Å². The number of hydrogen-bond acceptors (Lipinski definition) is 3. The molecule has 0 saturated heterocycles. The van der Waals surface area contributed by atoms with Crippen LogP contribution >= 0.6 is 0 Å². The van der Waals surface area contributed by atoms with Gasteiger partial charge in [0.25, 0.3) is 0 Å². The van der Waals surface area contributed by atoms with Crippen LogP contribution in [0.15, 0.2) is 18.2 Å². The van der Waals surface area contributed by atoms with E-state index in [9.17, 15) is 4.79 Å². The quantitative estimate of drug-likeness (QED) is 0.615. The number of amides is 1. The molecule has 0 unspecified atom stereocenters. The van der Waals surface area contributed by atoms with Crippen molar-refractivity contribution in [3.63, 3.8) is 0 Å². The van der Waals surface area contributed by atoms with Crippen LogP contribution in [-0.2, 0) is 6.42 Å². The Morgan fingerprint density at radius 3 is 2.69 bits per heavy atom. The minimum atomic E-state index is -0.598. The lowest BCUT2D eigenvalue weighted by atomic mass is 10.0. The molecule has 0 aliphatic rings. The normalized spacial score (nSPS) is 9.92. The molecule has 0 heterocycles. The number of carbonyl (C=O) groups is 1. The fourth-order valence-electron chi connectivity index (χ4n) is 1.13. The molecule has 4 N–H and O–H groups in total. The highest BCUT2D eigenvalue weighted by atomic mass is 16.3. The molecule has 13 heavy (non-hydrogen) atoms. The first kappa shape index (κ1) is 9.54. The summed E-state index contributed by atoms with van der Waals surface area (Å²) in [5, 5.41) is 17.8. The zero-order valence-corrected chi connectivity index (χ0v) is 7.03. The highest BCUT2D eigenvalue weighted by Crippen LogP contribution is 2.16. The molecule has 0 saturated carbocycles. The van der Waals surface area contributed by atoms with Crippen LogP contribution in [0.1, 0.15) is 15.9 Å². The van der Waals surface area contributed by atoms with E-state index in [0.29, 0.717) is 12.0 Å². The molecule has 70 valence electrons. The molecule has 0 aliphatic heterocycles. The molecule has 1 amide bonds. The molecule has 1 aromatic rings. The molecule has 0 spiro atoms. The third kappa shape index (κ3) is 2.19. The summed E-state index contributed by atoms with van der Waals surface area (Å²) in [7, 11) is 0. The molecule has 1 rings (SSSR count). The van der Waals surface area contributed by atoms with Gasteiger partial charge in [-0.25, -0.2) is 0 Å². The Labute approximate surface area is 75.6 Å². The topological polar surface area (TPSA) is 83.6 Å². The van der Waals surface area contributed by atoms with Gasteiger partial charge in [0.15, 0.2) is 0 Å². The Morgan fingerprint density at radius 1 is 1.46 bits per heavy atom. The Balaban J connectivity index is 3.10. The van der Waals surface area contributed by atoms with Gasteiger partial charge in [0.05, 0.1) is 0 Å². The minimum absolute atomic E-state index is 0.00418. The third-order valence-corrected chi connectivity index (χ3v) is 1.74. The fourth-order valence-corrected chi connectivity index (χ4v) is 1.13. The van der Waals surface area contributed by atoms with Gasteiger partial charge < -0.3 is 15.9 Å². The van der Waals surface area contributed by atoms with Gasteiger partial charge in [-0.15, -0.1) is 0 Å². The zero-order valence-electron chi connectivity index (χ0n) is 7.03. The standard InChI is InChI=1S/C9H11NO3/c10-9(13)8-5-7(12)2-1-6(8)3-4-11/h1-2,5,11-12H,3-4H2,(H2,10,13). The minimum Gasteiger partial charge on any atom is -0.508 e. The van der Waals surface area contributed by atoms with Gasteiger partial charge in [0, 0.05) is 12.2 Å². The van der Waals surface area contributed by atoms with Crippen molar-refractivity contribution in [2.75, 3.05) is 6.61 Å². The number of aromatic hydroxyl groups is 1. The number of benzene rings is 1. The van der Waals surface area contributed by atoms with Crippen molar-refractivity contribution in [2.45, 2.75) is 6.42 Å². The number of aliphatic hydroxyl groups excluding tert-OH is 1. The van der Waals surface area contributed by atoms with Crippen molar-refractivity contribution in [2.24, 2.45) is 5.73 Å². The third-order valence-electron chi connectivity index (χ3n) is 1.74. The van der Waals surface area contributed by atoms with Crippen LogP contribution in [-0.4, -0.2) is 22.7 Å². The van der Waals surface area contributed by atoms with E-state index >= 15 is 0 Å². The molecule has 4 nitrogen and oxygen atoms in total.